The summed E-state index contributed by atoms with van der Waals surface area (Å²) in [6, 6.07) is 10.5. The zero-order chi connectivity index (χ0) is 20.4. The van der Waals surface area contributed by atoms with E-state index in [9.17, 15) is 4.79 Å². The van der Waals surface area contributed by atoms with E-state index >= 15 is 0 Å². The summed E-state index contributed by atoms with van der Waals surface area (Å²) in [5.74, 6) is 2.14. The van der Waals surface area contributed by atoms with Gasteiger partial charge in [0.15, 0.2) is 0 Å². The van der Waals surface area contributed by atoms with E-state index in [0.717, 1.165) is 51.5 Å². The second kappa shape index (κ2) is 8.39. The van der Waals surface area contributed by atoms with Crippen LogP contribution in [-0.4, -0.2) is 60.0 Å². The minimum Gasteiger partial charge on any atom is -0.368 e. The lowest BCUT2D eigenvalue weighted by molar-refractivity contribution is 0.0676. The molecule has 6 heteroatoms. The molecule has 2 aromatic rings. The fourth-order valence-corrected chi connectivity index (χ4v) is 4.38. The van der Waals surface area contributed by atoms with Crippen LogP contribution >= 0.6 is 0 Å². The second-order valence-corrected chi connectivity index (χ2v) is 8.47. The van der Waals surface area contributed by atoms with Crippen molar-refractivity contribution in [2.24, 2.45) is 5.92 Å². The van der Waals surface area contributed by atoms with Gasteiger partial charge < -0.3 is 14.7 Å². The monoisotopic (exact) mass is 393 g/mol. The number of anilines is 2. The predicted molar refractivity (Wildman–Crippen MR) is 117 cm³/mol. The third kappa shape index (κ3) is 4.52. The van der Waals surface area contributed by atoms with E-state index in [1.165, 1.54) is 17.7 Å². The molecule has 0 bridgehead atoms. The van der Waals surface area contributed by atoms with Crippen LogP contribution in [0.1, 0.15) is 41.6 Å². The summed E-state index contributed by atoms with van der Waals surface area (Å²) in [4.78, 5) is 28.8. The number of rotatable bonds is 3. The van der Waals surface area contributed by atoms with Crippen LogP contribution in [0.4, 0.5) is 11.5 Å². The quantitative estimate of drug-likeness (QED) is 0.801. The van der Waals surface area contributed by atoms with Crippen molar-refractivity contribution in [2.75, 3.05) is 49.1 Å². The maximum Gasteiger partial charge on any atom is 0.272 e. The van der Waals surface area contributed by atoms with Crippen LogP contribution < -0.4 is 9.80 Å². The Hall–Kier alpha value is -2.63. The highest BCUT2D eigenvalue weighted by molar-refractivity contribution is 5.93. The van der Waals surface area contributed by atoms with Gasteiger partial charge >= 0.3 is 0 Å². The first kappa shape index (κ1) is 19.7. The Morgan fingerprint density at radius 2 is 1.76 bits per heavy atom. The number of amides is 1. The van der Waals surface area contributed by atoms with Gasteiger partial charge in [-0.1, -0.05) is 19.1 Å². The van der Waals surface area contributed by atoms with Crippen LogP contribution in [0.15, 0.2) is 30.3 Å². The van der Waals surface area contributed by atoms with Crippen molar-refractivity contribution in [1.29, 1.82) is 0 Å². The van der Waals surface area contributed by atoms with E-state index < -0.39 is 0 Å². The molecule has 3 heterocycles. The molecule has 1 aromatic carbocycles. The molecular formula is C23H31N5O. The van der Waals surface area contributed by atoms with Gasteiger partial charge in [0.2, 0.25) is 0 Å². The normalized spacial score (nSPS) is 20.1. The van der Waals surface area contributed by atoms with Crippen molar-refractivity contribution >= 4 is 17.4 Å². The summed E-state index contributed by atoms with van der Waals surface area (Å²) >= 11 is 0. The number of piperazine rings is 1. The van der Waals surface area contributed by atoms with E-state index in [0.29, 0.717) is 17.4 Å². The van der Waals surface area contributed by atoms with Crippen LogP contribution in [0.3, 0.4) is 0 Å². The van der Waals surface area contributed by atoms with Crippen LogP contribution in [0.25, 0.3) is 0 Å². The number of aryl methyl sites for hydroxylation is 2. The van der Waals surface area contributed by atoms with E-state index in [-0.39, 0.29) is 5.91 Å². The number of aromatic nitrogens is 2. The zero-order valence-corrected chi connectivity index (χ0v) is 17.8. The molecule has 0 spiro atoms. The summed E-state index contributed by atoms with van der Waals surface area (Å²) in [5.41, 5.74) is 3.09. The number of nitrogens with zero attached hydrogens (tertiary/aromatic N) is 5. The lowest BCUT2D eigenvalue weighted by Gasteiger charge is -2.37. The third-order valence-electron chi connectivity index (χ3n) is 5.96. The molecule has 1 unspecified atom stereocenters. The minimum absolute atomic E-state index is 0.0432. The van der Waals surface area contributed by atoms with Crippen LogP contribution in [0.5, 0.6) is 0 Å². The number of hydrogen-bond acceptors (Lipinski definition) is 5. The molecule has 154 valence electrons. The van der Waals surface area contributed by atoms with Crippen LogP contribution in [-0.2, 0) is 0 Å². The number of piperidine rings is 1. The van der Waals surface area contributed by atoms with E-state index in [4.69, 9.17) is 0 Å². The van der Waals surface area contributed by atoms with Crippen LogP contribution in [0, 0.1) is 19.8 Å². The summed E-state index contributed by atoms with van der Waals surface area (Å²) in [5, 5.41) is 0. The Kier molecular flexibility index (Phi) is 5.69. The Morgan fingerprint density at radius 3 is 2.48 bits per heavy atom. The molecule has 1 aromatic heterocycles. The average molecular weight is 394 g/mol. The minimum atomic E-state index is 0.0432. The SMILES string of the molecule is Cc1cccc(N2CCN(c3cc(C(=O)N4CCCC(C)C4)nc(C)n3)CC2)c1. The van der Waals surface area contributed by atoms with Crippen molar-refractivity contribution in [3.8, 4) is 0 Å². The molecule has 2 aliphatic heterocycles. The lowest BCUT2D eigenvalue weighted by Crippen LogP contribution is -2.47. The molecule has 0 radical (unpaired) electrons. The molecule has 0 aliphatic carbocycles. The van der Waals surface area contributed by atoms with Crippen molar-refractivity contribution < 1.29 is 4.79 Å². The van der Waals surface area contributed by atoms with Gasteiger partial charge in [0.1, 0.15) is 17.3 Å². The number of carbonyl (C=O) groups excluding carboxylic acids is 1. The van der Waals surface area contributed by atoms with Crippen molar-refractivity contribution in [3.63, 3.8) is 0 Å². The predicted octanol–water partition coefficient (Wildman–Crippen LogP) is 3.29. The molecule has 2 saturated heterocycles. The Balaban J connectivity index is 1.46. The number of likely N-dealkylation sites (tertiary alicyclic amines) is 1. The van der Waals surface area contributed by atoms with Gasteiger partial charge in [-0.15, -0.1) is 0 Å². The van der Waals surface area contributed by atoms with E-state index in [1.54, 1.807) is 0 Å². The van der Waals surface area contributed by atoms with E-state index in [1.807, 2.05) is 17.9 Å². The van der Waals surface area contributed by atoms with Crippen molar-refractivity contribution in [3.05, 3.63) is 47.4 Å². The number of hydrogen-bond donors (Lipinski definition) is 0. The fourth-order valence-electron chi connectivity index (χ4n) is 4.38. The first-order valence-corrected chi connectivity index (χ1v) is 10.7. The topological polar surface area (TPSA) is 52.6 Å². The Bertz CT molecular complexity index is 875. The summed E-state index contributed by atoms with van der Waals surface area (Å²) in [7, 11) is 0. The lowest BCUT2D eigenvalue weighted by atomic mass is 10.00. The zero-order valence-electron chi connectivity index (χ0n) is 17.8. The molecule has 1 amide bonds. The highest BCUT2D eigenvalue weighted by Crippen LogP contribution is 2.22. The first-order valence-electron chi connectivity index (χ1n) is 10.7. The molecule has 1 atom stereocenters. The molecule has 2 aliphatic rings. The maximum absolute atomic E-state index is 13.0. The average Bonchev–Trinajstić information content (AvgIpc) is 2.73. The highest BCUT2D eigenvalue weighted by Gasteiger charge is 2.25. The van der Waals surface area contributed by atoms with Gasteiger partial charge in [-0.25, -0.2) is 9.97 Å². The highest BCUT2D eigenvalue weighted by atomic mass is 16.2. The molecule has 4 rings (SSSR count). The standard InChI is InChI=1S/C23H31N5O/c1-17-6-4-8-20(14-17)26-10-12-27(13-11-26)22-15-21(24-19(3)25-22)23(29)28-9-5-7-18(2)16-28/h4,6,8,14-15,18H,5,7,9-13,16H2,1-3H3. The number of benzene rings is 1. The molecule has 29 heavy (non-hydrogen) atoms. The fraction of sp³-hybridized carbons (Fsp3) is 0.522. The van der Waals surface area contributed by atoms with Crippen LogP contribution in [0.2, 0.25) is 0 Å². The maximum atomic E-state index is 13.0. The van der Waals surface area contributed by atoms with Gasteiger partial charge in [-0.3, -0.25) is 4.79 Å². The molecular weight excluding hydrogens is 362 g/mol. The smallest absolute Gasteiger partial charge is 0.272 e. The van der Waals surface area contributed by atoms with Gasteiger partial charge in [-0.2, -0.15) is 0 Å². The summed E-state index contributed by atoms with van der Waals surface area (Å²) < 4.78 is 0. The van der Waals surface area contributed by atoms with Crippen molar-refractivity contribution in [1.82, 2.24) is 14.9 Å². The molecule has 2 fully saturated rings. The molecule has 6 nitrogen and oxygen atoms in total. The van der Waals surface area contributed by atoms with Gasteiger partial charge in [0.05, 0.1) is 0 Å². The van der Waals surface area contributed by atoms with Gasteiger partial charge in [0, 0.05) is 51.0 Å². The van der Waals surface area contributed by atoms with E-state index in [2.05, 4.69) is 57.9 Å². The van der Waals surface area contributed by atoms with Gasteiger partial charge in [0.25, 0.3) is 5.91 Å². The largest absolute Gasteiger partial charge is 0.368 e. The first-order chi connectivity index (χ1) is 14.0. The molecule has 0 saturated carbocycles. The Labute approximate surface area is 173 Å². The Morgan fingerprint density at radius 1 is 1.00 bits per heavy atom. The van der Waals surface area contributed by atoms with Crippen molar-refractivity contribution in [2.45, 2.75) is 33.6 Å². The summed E-state index contributed by atoms with van der Waals surface area (Å²) in [6.07, 6.45) is 2.27. The summed E-state index contributed by atoms with van der Waals surface area (Å²) in [6.45, 7) is 11.5. The van der Waals surface area contributed by atoms with Gasteiger partial charge in [-0.05, 0) is 50.3 Å². The molecule has 0 N–H and O–H groups in total. The second-order valence-electron chi connectivity index (χ2n) is 8.47. The third-order valence-corrected chi connectivity index (χ3v) is 5.96. The number of carbonyl (C=O) groups is 1.